The highest BCUT2D eigenvalue weighted by Gasteiger charge is 2.20. The van der Waals surface area contributed by atoms with Crippen LogP contribution < -0.4 is 0 Å². The van der Waals surface area contributed by atoms with E-state index < -0.39 is 6.10 Å². The second-order valence-corrected chi connectivity index (χ2v) is 4.65. The number of nitriles is 1. The fraction of sp³-hybridized carbons (Fsp3) is 0.333. The molecule has 1 atom stereocenters. The van der Waals surface area contributed by atoms with Gasteiger partial charge in [-0.15, -0.1) is 0 Å². The number of benzene rings is 1. The van der Waals surface area contributed by atoms with Gasteiger partial charge in [0.15, 0.2) is 0 Å². The Bertz CT molecular complexity index is 514. The highest BCUT2D eigenvalue weighted by atomic mass is 16.3. The fourth-order valence-corrected chi connectivity index (χ4v) is 2.10. The predicted molar refractivity (Wildman–Crippen MR) is 72.0 cm³/mol. The van der Waals surface area contributed by atoms with E-state index in [1.807, 2.05) is 6.07 Å². The van der Waals surface area contributed by atoms with Crippen LogP contribution in [0.2, 0.25) is 0 Å². The molecule has 2 rings (SSSR count). The molecule has 0 aromatic heterocycles. The molecule has 98 valence electrons. The number of piperidine rings is 1. The molecule has 1 heterocycles. The number of hydrogen-bond acceptors (Lipinski definition) is 3. The predicted octanol–water partition coefficient (Wildman–Crippen LogP) is 1.55. The number of carbonyl (C=O) groups excluding carboxylic acids is 1. The summed E-state index contributed by atoms with van der Waals surface area (Å²) in [7, 11) is 0. The Labute approximate surface area is 112 Å². The molecule has 4 heteroatoms. The van der Waals surface area contributed by atoms with Gasteiger partial charge in [0.2, 0.25) is 5.91 Å². The van der Waals surface area contributed by atoms with Crippen molar-refractivity contribution in [3.05, 3.63) is 41.5 Å². The first kappa shape index (κ1) is 13.3. The number of hydrogen-bond donors (Lipinski definition) is 1. The molecule has 1 aliphatic rings. The van der Waals surface area contributed by atoms with E-state index in [0.717, 1.165) is 18.4 Å². The Morgan fingerprint density at radius 3 is 2.79 bits per heavy atom. The zero-order valence-electron chi connectivity index (χ0n) is 10.6. The van der Waals surface area contributed by atoms with Gasteiger partial charge in [-0.2, -0.15) is 5.26 Å². The monoisotopic (exact) mass is 256 g/mol. The normalized spacial score (nSPS) is 19.4. The van der Waals surface area contributed by atoms with Crippen molar-refractivity contribution in [2.45, 2.75) is 18.9 Å². The smallest absolute Gasteiger partial charge is 0.246 e. The summed E-state index contributed by atoms with van der Waals surface area (Å²) in [5.41, 5.74) is 1.48. The Kier molecular flexibility index (Phi) is 4.32. The lowest BCUT2D eigenvalue weighted by Gasteiger charge is -2.29. The maximum Gasteiger partial charge on any atom is 0.246 e. The van der Waals surface area contributed by atoms with Crippen LogP contribution in [0.3, 0.4) is 0 Å². The molecule has 19 heavy (non-hydrogen) atoms. The summed E-state index contributed by atoms with van der Waals surface area (Å²) >= 11 is 0. The second kappa shape index (κ2) is 6.17. The third kappa shape index (κ3) is 3.67. The van der Waals surface area contributed by atoms with Gasteiger partial charge in [0.05, 0.1) is 17.7 Å². The van der Waals surface area contributed by atoms with Gasteiger partial charge in [-0.25, -0.2) is 0 Å². The van der Waals surface area contributed by atoms with Crippen LogP contribution in [0.4, 0.5) is 0 Å². The van der Waals surface area contributed by atoms with E-state index in [9.17, 15) is 9.90 Å². The van der Waals surface area contributed by atoms with E-state index >= 15 is 0 Å². The SMILES string of the molecule is N#Cc1ccc(/C=C/C(=O)N2CCC[C@H](O)C2)cc1. The van der Waals surface area contributed by atoms with Gasteiger partial charge in [0, 0.05) is 19.2 Å². The minimum Gasteiger partial charge on any atom is -0.391 e. The molecular formula is C15H16N2O2. The minimum atomic E-state index is -0.402. The van der Waals surface area contributed by atoms with Crippen LogP contribution in [-0.2, 0) is 4.79 Å². The van der Waals surface area contributed by atoms with Crippen molar-refractivity contribution in [2.24, 2.45) is 0 Å². The maximum atomic E-state index is 11.9. The lowest BCUT2D eigenvalue weighted by molar-refractivity contribution is -0.128. The number of likely N-dealkylation sites (tertiary alicyclic amines) is 1. The zero-order valence-corrected chi connectivity index (χ0v) is 10.6. The van der Waals surface area contributed by atoms with E-state index in [2.05, 4.69) is 0 Å². The molecule has 1 N–H and O–H groups in total. The Balaban J connectivity index is 1.97. The van der Waals surface area contributed by atoms with Gasteiger partial charge < -0.3 is 10.0 Å². The van der Waals surface area contributed by atoms with Crippen LogP contribution in [0.25, 0.3) is 6.08 Å². The van der Waals surface area contributed by atoms with E-state index in [-0.39, 0.29) is 5.91 Å². The first-order valence-corrected chi connectivity index (χ1v) is 6.34. The van der Waals surface area contributed by atoms with Crippen molar-refractivity contribution < 1.29 is 9.90 Å². The summed E-state index contributed by atoms with van der Waals surface area (Å²) < 4.78 is 0. The van der Waals surface area contributed by atoms with Gasteiger partial charge >= 0.3 is 0 Å². The summed E-state index contributed by atoms with van der Waals surface area (Å²) in [6, 6.07) is 9.08. The maximum absolute atomic E-state index is 11.9. The number of aliphatic hydroxyl groups excluding tert-OH is 1. The Morgan fingerprint density at radius 1 is 1.42 bits per heavy atom. The number of rotatable bonds is 2. The number of amides is 1. The number of carbonyl (C=O) groups is 1. The van der Waals surface area contributed by atoms with Crippen molar-refractivity contribution in [2.75, 3.05) is 13.1 Å². The van der Waals surface area contributed by atoms with Crippen molar-refractivity contribution in [3.63, 3.8) is 0 Å². The highest BCUT2D eigenvalue weighted by Crippen LogP contribution is 2.11. The molecule has 0 unspecified atom stereocenters. The van der Waals surface area contributed by atoms with Crippen molar-refractivity contribution >= 4 is 12.0 Å². The largest absolute Gasteiger partial charge is 0.391 e. The molecule has 0 saturated carbocycles. The Morgan fingerprint density at radius 2 is 2.16 bits per heavy atom. The molecule has 1 aromatic carbocycles. The number of β-amino-alcohol motifs (C(OH)–C–C–N with tert-alkyl or cyclic N) is 1. The van der Waals surface area contributed by atoms with Crippen LogP contribution in [-0.4, -0.2) is 35.1 Å². The topological polar surface area (TPSA) is 64.3 Å². The first-order chi connectivity index (χ1) is 9.19. The Hall–Kier alpha value is -2.12. The van der Waals surface area contributed by atoms with Gasteiger partial charge in [-0.1, -0.05) is 12.1 Å². The van der Waals surface area contributed by atoms with Crippen molar-refractivity contribution in [3.8, 4) is 6.07 Å². The molecule has 1 aromatic rings. The van der Waals surface area contributed by atoms with E-state index in [4.69, 9.17) is 5.26 Å². The van der Waals surface area contributed by atoms with Crippen molar-refractivity contribution in [1.29, 1.82) is 5.26 Å². The van der Waals surface area contributed by atoms with Gasteiger partial charge in [0.1, 0.15) is 0 Å². The van der Waals surface area contributed by atoms with Crippen LogP contribution in [0.1, 0.15) is 24.0 Å². The molecule has 1 amide bonds. The minimum absolute atomic E-state index is 0.0805. The molecule has 1 aliphatic heterocycles. The zero-order chi connectivity index (χ0) is 13.7. The summed E-state index contributed by atoms with van der Waals surface area (Å²) in [5.74, 6) is -0.0805. The van der Waals surface area contributed by atoms with Gasteiger partial charge in [-0.3, -0.25) is 4.79 Å². The van der Waals surface area contributed by atoms with Crippen LogP contribution in [0.15, 0.2) is 30.3 Å². The van der Waals surface area contributed by atoms with E-state index in [1.165, 1.54) is 6.08 Å². The lowest BCUT2D eigenvalue weighted by Crippen LogP contribution is -2.41. The van der Waals surface area contributed by atoms with Crippen LogP contribution in [0, 0.1) is 11.3 Å². The summed E-state index contributed by atoms with van der Waals surface area (Å²) in [4.78, 5) is 13.6. The average Bonchev–Trinajstić information content (AvgIpc) is 2.45. The second-order valence-electron chi connectivity index (χ2n) is 4.65. The van der Waals surface area contributed by atoms with Crippen molar-refractivity contribution in [1.82, 2.24) is 4.90 Å². The molecule has 0 radical (unpaired) electrons. The van der Waals surface area contributed by atoms with E-state index in [0.29, 0.717) is 18.7 Å². The lowest BCUT2D eigenvalue weighted by atomic mass is 10.1. The summed E-state index contributed by atoms with van der Waals surface area (Å²) in [6.07, 6.45) is 4.45. The molecule has 4 nitrogen and oxygen atoms in total. The van der Waals surface area contributed by atoms with Gasteiger partial charge in [0.25, 0.3) is 0 Å². The molecule has 0 bridgehead atoms. The first-order valence-electron chi connectivity index (χ1n) is 6.34. The fourth-order valence-electron chi connectivity index (χ4n) is 2.10. The van der Waals surface area contributed by atoms with E-state index in [1.54, 1.807) is 35.2 Å². The third-order valence-corrected chi connectivity index (χ3v) is 3.17. The molecule has 0 spiro atoms. The van der Waals surface area contributed by atoms with Gasteiger partial charge in [-0.05, 0) is 36.6 Å². The third-order valence-electron chi connectivity index (χ3n) is 3.17. The molecule has 0 aliphatic carbocycles. The summed E-state index contributed by atoms with van der Waals surface area (Å²) in [5, 5.41) is 18.2. The average molecular weight is 256 g/mol. The molecule has 1 saturated heterocycles. The quantitative estimate of drug-likeness (QED) is 0.817. The highest BCUT2D eigenvalue weighted by molar-refractivity contribution is 5.91. The number of aliphatic hydroxyl groups is 1. The standard InChI is InChI=1S/C15H16N2O2/c16-10-13-5-3-12(4-6-13)7-8-15(19)17-9-1-2-14(18)11-17/h3-8,14,18H,1-2,9,11H2/b8-7+/t14-/m0/s1. The van der Waals surface area contributed by atoms with Crippen LogP contribution >= 0.6 is 0 Å². The number of nitrogens with zero attached hydrogens (tertiary/aromatic N) is 2. The van der Waals surface area contributed by atoms with Crippen LogP contribution in [0.5, 0.6) is 0 Å². The molecular weight excluding hydrogens is 240 g/mol. The summed E-state index contributed by atoms with van der Waals surface area (Å²) in [6.45, 7) is 1.12. The molecule has 1 fully saturated rings.